The molecular weight excluding hydrogens is 478 g/mol. The summed E-state index contributed by atoms with van der Waals surface area (Å²) in [5.41, 5.74) is 3.98. The van der Waals surface area contributed by atoms with Crippen molar-refractivity contribution >= 4 is 45.0 Å². The van der Waals surface area contributed by atoms with E-state index in [4.69, 9.17) is 16.3 Å². The summed E-state index contributed by atoms with van der Waals surface area (Å²) in [5.74, 6) is -0.161. The Morgan fingerprint density at radius 1 is 1.17 bits per heavy atom. The fourth-order valence-electron chi connectivity index (χ4n) is 4.92. The van der Waals surface area contributed by atoms with Crippen LogP contribution in [0.3, 0.4) is 0 Å². The first kappa shape index (κ1) is 24.3. The molecule has 188 valence electrons. The summed E-state index contributed by atoms with van der Waals surface area (Å²) in [6.07, 6.45) is 3.58. The monoisotopic (exact) mass is 507 g/mol. The largest absolute Gasteiger partial charge is 0.384 e. The van der Waals surface area contributed by atoms with Crippen molar-refractivity contribution in [3.63, 3.8) is 0 Å². The summed E-state index contributed by atoms with van der Waals surface area (Å²) in [5, 5.41) is 12.7. The number of hydrogen-bond donors (Lipinski definition) is 2. The van der Waals surface area contributed by atoms with E-state index in [1.807, 2.05) is 10.6 Å². The summed E-state index contributed by atoms with van der Waals surface area (Å²) < 4.78 is 7.05. The van der Waals surface area contributed by atoms with Gasteiger partial charge in [0.2, 0.25) is 0 Å². The molecule has 0 saturated carbocycles. The zero-order valence-corrected chi connectivity index (χ0v) is 21.1. The molecule has 0 atom stereocenters. The lowest BCUT2D eigenvalue weighted by Gasteiger charge is -2.19. The topological polar surface area (TPSA) is 92.2 Å². The number of nitrogens with one attached hydrogen (secondary N) is 2. The van der Waals surface area contributed by atoms with Gasteiger partial charge in [0.1, 0.15) is 5.52 Å². The van der Waals surface area contributed by atoms with Crippen LogP contribution in [0.4, 0.5) is 5.69 Å². The van der Waals surface area contributed by atoms with Gasteiger partial charge in [0, 0.05) is 61.4 Å². The summed E-state index contributed by atoms with van der Waals surface area (Å²) >= 11 is 5.91. The molecule has 1 aliphatic heterocycles. The minimum atomic E-state index is -0.161. The molecule has 0 aliphatic carbocycles. The number of nitrogens with zero attached hydrogens (tertiary/aromatic N) is 3. The maximum Gasteiger partial charge on any atom is 0.262 e. The number of carbonyl (C=O) groups excluding carboxylic acids is 1. The molecule has 0 radical (unpaired) electrons. The minimum absolute atomic E-state index is 0.0738. The third-order valence-electron chi connectivity index (χ3n) is 6.80. The highest BCUT2D eigenvalue weighted by Crippen LogP contribution is 2.29. The van der Waals surface area contributed by atoms with Gasteiger partial charge in [-0.25, -0.2) is 0 Å². The maximum atomic E-state index is 13.7. The lowest BCUT2D eigenvalue weighted by Crippen LogP contribution is -2.27. The smallest absolute Gasteiger partial charge is 0.262 e. The number of aromatic nitrogens is 3. The van der Waals surface area contributed by atoms with Crippen molar-refractivity contribution in [2.45, 2.75) is 32.2 Å². The number of rotatable bonds is 9. The van der Waals surface area contributed by atoms with Gasteiger partial charge >= 0.3 is 0 Å². The molecule has 2 N–H and O–H groups in total. The number of hydrogen-bond acceptors (Lipinski definition) is 5. The summed E-state index contributed by atoms with van der Waals surface area (Å²) in [7, 11) is 1.65. The Bertz CT molecular complexity index is 1440. The van der Waals surface area contributed by atoms with Crippen LogP contribution in [0.15, 0.2) is 47.3 Å². The molecule has 1 fully saturated rings. The van der Waals surface area contributed by atoms with Gasteiger partial charge in [-0.2, -0.15) is 5.10 Å². The number of pyridine rings is 1. The zero-order chi connectivity index (χ0) is 25.1. The van der Waals surface area contributed by atoms with E-state index in [-0.39, 0.29) is 11.5 Å². The van der Waals surface area contributed by atoms with Crippen LogP contribution in [-0.2, 0) is 17.7 Å². The number of benzene rings is 2. The Hall–Kier alpha value is -3.36. The third-order valence-corrected chi connectivity index (χ3v) is 7.06. The van der Waals surface area contributed by atoms with E-state index in [0.717, 1.165) is 35.4 Å². The number of aromatic amines is 1. The molecule has 8 nitrogen and oxygen atoms in total. The first-order valence-electron chi connectivity index (χ1n) is 12.4. The predicted molar refractivity (Wildman–Crippen MR) is 143 cm³/mol. The molecule has 1 saturated heterocycles. The van der Waals surface area contributed by atoms with E-state index in [1.54, 1.807) is 31.4 Å². The second kappa shape index (κ2) is 10.7. The molecule has 0 unspecified atom stereocenters. The zero-order valence-electron chi connectivity index (χ0n) is 20.3. The van der Waals surface area contributed by atoms with Crippen molar-refractivity contribution in [1.29, 1.82) is 0 Å². The van der Waals surface area contributed by atoms with E-state index in [0.29, 0.717) is 54.0 Å². The number of amides is 1. The lowest BCUT2D eigenvalue weighted by molar-refractivity contribution is 0.0952. The van der Waals surface area contributed by atoms with Gasteiger partial charge in [-0.15, -0.1) is 0 Å². The molecule has 36 heavy (non-hydrogen) atoms. The SMILES string of the molecule is COCCc1[nH]nc2c1c(=O)n(CCCNC(=O)c1ccc(Cl)cc1)c1ccc(N3CCCC3)cc21. The van der Waals surface area contributed by atoms with Gasteiger partial charge in [0.05, 0.1) is 23.2 Å². The molecule has 2 aromatic heterocycles. The standard InChI is InChI=1S/C27H30ClN5O3/c1-36-16-11-22-24-25(31-30-22)21-17-20(32-13-2-3-14-32)9-10-23(21)33(27(24)35)15-4-12-29-26(34)18-5-7-19(28)8-6-18/h5-10,17H,2-4,11-16H2,1H3,(H,29,34)(H,30,31). The predicted octanol–water partition coefficient (Wildman–Crippen LogP) is 4.14. The first-order chi connectivity index (χ1) is 17.6. The molecule has 9 heteroatoms. The molecule has 0 spiro atoms. The molecule has 4 aromatic rings. The van der Waals surface area contributed by atoms with Crippen LogP contribution in [0, 0.1) is 0 Å². The normalized spacial score (nSPS) is 13.7. The van der Waals surface area contributed by atoms with Gasteiger partial charge in [0.15, 0.2) is 0 Å². The molecule has 1 aliphatic rings. The second-order valence-electron chi connectivity index (χ2n) is 9.14. The summed E-state index contributed by atoms with van der Waals surface area (Å²) in [6.45, 7) is 3.51. The second-order valence-corrected chi connectivity index (χ2v) is 9.57. The number of H-pyrrole nitrogens is 1. The Labute approximate surface area is 214 Å². The van der Waals surface area contributed by atoms with Crippen molar-refractivity contribution in [3.8, 4) is 0 Å². The van der Waals surface area contributed by atoms with Crippen LogP contribution in [0.1, 0.15) is 35.3 Å². The lowest BCUT2D eigenvalue weighted by atomic mass is 10.1. The fourth-order valence-corrected chi connectivity index (χ4v) is 5.04. The average molecular weight is 508 g/mol. The van der Waals surface area contributed by atoms with E-state index in [9.17, 15) is 9.59 Å². The number of aryl methyl sites for hydroxylation is 1. The highest BCUT2D eigenvalue weighted by molar-refractivity contribution is 6.30. The number of carbonyl (C=O) groups is 1. The number of methoxy groups -OCH3 is 1. The Kier molecular flexibility index (Phi) is 7.25. The van der Waals surface area contributed by atoms with Gasteiger partial charge in [-0.3, -0.25) is 14.7 Å². The van der Waals surface area contributed by atoms with Gasteiger partial charge in [0.25, 0.3) is 11.5 Å². The quantitative estimate of drug-likeness (QED) is 0.332. The Morgan fingerprint density at radius 2 is 1.94 bits per heavy atom. The number of ether oxygens (including phenoxy) is 1. The molecule has 1 amide bonds. The summed E-state index contributed by atoms with van der Waals surface area (Å²) in [6, 6.07) is 13.1. The molecule has 2 aromatic carbocycles. The van der Waals surface area contributed by atoms with Gasteiger partial charge < -0.3 is 19.5 Å². The Morgan fingerprint density at radius 3 is 2.69 bits per heavy atom. The average Bonchev–Trinajstić information content (AvgIpc) is 3.58. The number of fused-ring (bicyclic) bond motifs is 3. The van der Waals surface area contributed by atoms with Crippen molar-refractivity contribution in [2.75, 3.05) is 38.3 Å². The van der Waals surface area contributed by atoms with Crippen molar-refractivity contribution in [2.24, 2.45) is 0 Å². The fraction of sp³-hybridized carbons (Fsp3) is 0.370. The van der Waals surface area contributed by atoms with Crippen molar-refractivity contribution < 1.29 is 9.53 Å². The molecule has 5 rings (SSSR count). The number of anilines is 1. The van der Waals surface area contributed by atoms with E-state index < -0.39 is 0 Å². The van der Waals surface area contributed by atoms with Crippen molar-refractivity contribution in [1.82, 2.24) is 20.1 Å². The summed E-state index contributed by atoms with van der Waals surface area (Å²) in [4.78, 5) is 28.5. The van der Waals surface area contributed by atoms with Gasteiger partial charge in [-0.1, -0.05) is 11.6 Å². The molecular formula is C27H30ClN5O3. The number of halogens is 1. The van der Waals surface area contributed by atoms with Crippen LogP contribution in [0.25, 0.3) is 21.8 Å². The van der Waals surface area contributed by atoms with Crippen LogP contribution in [0.5, 0.6) is 0 Å². The minimum Gasteiger partial charge on any atom is -0.384 e. The maximum absolute atomic E-state index is 13.7. The van der Waals surface area contributed by atoms with E-state index in [1.165, 1.54) is 12.8 Å². The van der Waals surface area contributed by atoms with E-state index >= 15 is 0 Å². The molecule has 0 bridgehead atoms. The third kappa shape index (κ3) is 4.83. The highest BCUT2D eigenvalue weighted by atomic mass is 35.5. The van der Waals surface area contributed by atoms with Crippen LogP contribution in [0.2, 0.25) is 5.02 Å². The van der Waals surface area contributed by atoms with Crippen LogP contribution in [-0.4, -0.2) is 54.0 Å². The van der Waals surface area contributed by atoms with Crippen molar-refractivity contribution in [3.05, 3.63) is 69.1 Å². The van der Waals surface area contributed by atoms with E-state index in [2.05, 4.69) is 32.5 Å². The first-order valence-corrected chi connectivity index (χ1v) is 12.8. The highest BCUT2D eigenvalue weighted by Gasteiger charge is 2.19. The van der Waals surface area contributed by atoms with Crippen LogP contribution < -0.4 is 15.8 Å². The van der Waals surface area contributed by atoms with Crippen LogP contribution >= 0.6 is 11.6 Å². The van der Waals surface area contributed by atoms with Gasteiger partial charge in [-0.05, 0) is 61.7 Å². The Balaban J connectivity index is 1.44. The molecule has 3 heterocycles.